The van der Waals surface area contributed by atoms with Crippen molar-refractivity contribution in [2.75, 3.05) is 12.1 Å². The fourth-order valence-electron chi connectivity index (χ4n) is 2.30. The van der Waals surface area contributed by atoms with E-state index in [1.807, 2.05) is 0 Å². The molecule has 3 atom stereocenters. The fraction of sp³-hybridized carbons (Fsp3) is 0.312. The second-order valence-corrected chi connectivity index (χ2v) is 5.36. The Bertz CT molecular complexity index is 688. The Hall–Kier alpha value is -2.75. The van der Waals surface area contributed by atoms with E-state index in [2.05, 4.69) is 15.8 Å². The average molecular weight is 349 g/mol. The molecule has 9 heteroatoms. The van der Waals surface area contributed by atoms with Crippen LogP contribution in [-0.2, 0) is 9.63 Å². The molecule has 0 saturated carbocycles. The quantitative estimate of drug-likeness (QED) is 0.472. The molecule has 1 aromatic rings. The van der Waals surface area contributed by atoms with E-state index < -0.39 is 36.9 Å². The summed E-state index contributed by atoms with van der Waals surface area (Å²) >= 11 is 0. The molecule has 0 spiro atoms. The van der Waals surface area contributed by atoms with Crippen molar-refractivity contribution in [2.45, 2.75) is 25.2 Å². The summed E-state index contributed by atoms with van der Waals surface area (Å²) in [6.45, 7) is 0.679. The Morgan fingerprint density at radius 2 is 1.92 bits per heavy atom. The van der Waals surface area contributed by atoms with Gasteiger partial charge in [0.15, 0.2) is 0 Å². The first-order valence-corrected chi connectivity index (χ1v) is 7.47. The number of amides is 2. The van der Waals surface area contributed by atoms with Crippen LogP contribution in [0.2, 0.25) is 0 Å². The van der Waals surface area contributed by atoms with Crippen LogP contribution in [0.3, 0.4) is 0 Å². The summed E-state index contributed by atoms with van der Waals surface area (Å²) in [4.78, 5) is 31.7. The first kappa shape index (κ1) is 18.6. The van der Waals surface area contributed by atoms with Gasteiger partial charge in [-0.25, -0.2) is 10.3 Å². The van der Waals surface area contributed by atoms with Crippen molar-refractivity contribution in [3.63, 3.8) is 0 Å². The topological polar surface area (TPSA) is 140 Å². The predicted octanol–water partition coefficient (Wildman–Crippen LogP) is -0.250. The zero-order chi connectivity index (χ0) is 18.4. The van der Waals surface area contributed by atoms with E-state index in [0.29, 0.717) is 5.69 Å². The Morgan fingerprint density at radius 1 is 1.24 bits per heavy atom. The zero-order valence-corrected chi connectivity index (χ0v) is 13.4. The minimum atomic E-state index is -1.47. The van der Waals surface area contributed by atoms with Crippen molar-refractivity contribution in [3.8, 4) is 0 Å². The minimum Gasteiger partial charge on any atom is -0.392 e. The molecule has 0 aromatic heterocycles. The SMILES string of the molecule is CC(=O)N[C@H]1/C(=N\C(=O)ONc2ccccc2)C=C(CO)[C@@H](O)[C@@H]1O. The van der Waals surface area contributed by atoms with Crippen LogP contribution in [0.5, 0.6) is 0 Å². The molecule has 9 nitrogen and oxygen atoms in total. The van der Waals surface area contributed by atoms with Gasteiger partial charge in [0.25, 0.3) is 0 Å². The van der Waals surface area contributed by atoms with E-state index in [9.17, 15) is 24.9 Å². The van der Waals surface area contributed by atoms with Gasteiger partial charge in [-0.1, -0.05) is 18.2 Å². The number of hydrogen-bond donors (Lipinski definition) is 5. The van der Waals surface area contributed by atoms with Gasteiger partial charge in [0, 0.05) is 6.92 Å². The number of hydrogen-bond acceptors (Lipinski definition) is 7. The highest BCUT2D eigenvalue weighted by molar-refractivity contribution is 6.07. The summed E-state index contributed by atoms with van der Waals surface area (Å²) < 4.78 is 0. The first-order chi connectivity index (χ1) is 11.9. The third kappa shape index (κ3) is 4.86. The molecule has 5 N–H and O–H groups in total. The number of aliphatic hydroxyl groups is 3. The van der Waals surface area contributed by atoms with Crippen molar-refractivity contribution in [1.82, 2.24) is 5.32 Å². The molecule has 0 bridgehead atoms. The van der Waals surface area contributed by atoms with Crippen molar-refractivity contribution in [2.24, 2.45) is 4.99 Å². The van der Waals surface area contributed by atoms with Crippen molar-refractivity contribution >= 4 is 23.4 Å². The Labute approximate surface area is 143 Å². The van der Waals surface area contributed by atoms with E-state index >= 15 is 0 Å². The highest BCUT2D eigenvalue weighted by Gasteiger charge is 2.37. The molecule has 2 rings (SSSR count). The largest absolute Gasteiger partial charge is 0.458 e. The zero-order valence-electron chi connectivity index (χ0n) is 13.4. The van der Waals surface area contributed by atoms with Crippen LogP contribution in [0.25, 0.3) is 0 Å². The minimum absolute atomic E-state index is 0.0445. The molecule has 2 amide bonds. The number of aliphatic imine (C=N–C) groups is 1. The van der Waals surface area contributed by atoms with Crippen molar-refractivity contribution in [1.29, 1.82) is 0 Å². The van der Waals surface area contributed by atoms with Crippen LogP contribution in [0.1, 0.15) is 6.92 Å². The molecule has 1 aliphatic rings. The number of rotatable bonds is 4. The first-order valence-electron chi connectivity index (χ1n) is 7.47. The van der Waals surface area contributed by atoms with Crippen LogP contribution in [0.15, 0.2) is 47.0 Å². The van der Waals surface area contributed by atoms with E-state index in [1.165, 1.54) is 13.0 Å². The van der Waals surface area contributed by atoms with Gasteiger partial charge in [0.05, 0.1) is 18.0 Å². The van der Waals surface area contributed by atoms with Gasteiger partial charge in [0.2, 0.25) is 5.91 Å². The second kappa shape index (κ2) is 8.38. The number of nitrogens with zero attached hydrogens (tertiary/aromatic N) is 1. The molecule has 134 valence electrons. The maximum Gasteiger partial charge on any atom is 0.458 e. The van der Waals surface area contributed by atoms with Crippen molar-refractivity contribution < 1.29 is 29.7 Å². The van der Waals surface area contributed by atoms with Crippen LogP contribution in [0.4, 0.5) is 10.5 Å². The molecule has 1 aromatic carbocycles. The highest BCUT2D eigenvalue weighted by atomic mass is 16.7. The van der Waals surface area contributed by atoms with Gasteiger partial charge in [0.1, 0.15) is 18.2 Å². The van der Waals surface area contributed by atoms with Gasteiger partial charge >= 0.3 is 6.09 Å². The molecule has 25 heavy (non-hydrogen) atoms. The second-order valence-electron chi connectivity index (χ2n) is 5.36. The molecule has 0 unspecified atom stereocenters. The van der Waals surface area contributed by atoms with Gasteiger partial charge in [-0.15, -0.1) is 0 Å². The normalized spacial score (nSPS) is 24.4. The third-order valence-electron chi connectivity index (χ3n) is 3.49. The lowest BCUT2D eigenvalue weighted by Gasteiger charge is -2.32. The van der Waals surface area contributed by atoms with E-state index in [1.54, 1.807) is 30.3 Å². The molecule has 0 aliphatic heterocycles. The lowest BCUT2D eigenvalue weighted by molar-refractivity contribution is -0.120. The monoisotopic (exact) mass is 349 g/mol. The number of nitrogens with one attached hydrogen (secondary N) is 2. The molecular formula is C16H19N3O6. The Morgan fingerprint density at radius 3 is 2.52 bits per heavy atom. The maximum absolute atomic E-state index is 11.9. The summed E-state index contributed by atoms with van der Waals surface area (Å²) in [5.41, 5.74) is 2.96. The molecular weight excluding hydrogens is 330 g/mol. The lowest BCUT2D eigenvalue weighted by Crippen LogP contribution is -2.55. The number of carbonyl (C=O) groups excluding carboxylic acids is 2. The molecule has 0 heterocycles. The molecule has 0 saturated heterocycles. The van der Waals surface area contributed by atoms with E-state index in [4.69, 9.17) is 4.84 Å². The predicted molar refractivity (Wildman–Crippen MR) is 88.8 cm³/mol. The van der Waals surface area contributed by atoms with Crippen molar-refractivity contribution in [3.05, 3.63) is 42.0 Å². The van der Waals surface area contributed by atoms with Crippen LogP contribution >= 0.6 is 0 Å². The molecule has 0 fully saturated rings. The van der Waals surface area contributed by atoms with E-state index in [-0.39, 0.29) is 11.3 Å². The number of anilines is 1. The molecule has 1 aliphatic carbocycles. The van der Waals surface area contributed by atoms with Gasteiger partial charge in [-0.3, -0.25) is 4.79 Å². The summed E-state index contributed by atoms with van der Waals surface area (Å²) in [6, 6.07) is 7.50. The van der Waals surface area contributed by atoms with Gasteiger partial charge in [-0.2, -0.15) is 4.99 Å². The lowest BCUT2D eigenvalue weighted by atomic mass is 9.88. The smallest absolute Gasteiger partial charge is 0.392 e. The van der Waals surface area contributed by atoms with Crippen LogP contribution in [-0.4, -0.2) is 57.9 Å². The number of carbonyl (C=O) groups is 2. The van der Waals surface area contributed by atoms with Gasteiger partial charge in [-0.05, 0) is 23.8 Å². The number of aliphatic hydroxyl groups excluding tert-OH is 3. The summed E-state index contributed by atoms with van der Waals surface area (Å²) in [5, 5.41) is 31.7. The summed E-state index contributed by atoms with van der Waals surface area (Å²) in [6.07, 6.45) is -2.64. The molecule has 0 radical (unpaired) electrons. The Balaban J connectivity index is 2.18. The number of benzene rings is 1. The number of para-hydroxylation sites is 1. The van der Waals surface area contributed by atoms with Crippen LogP contribution < -0.4 is 10.8 Å². The summed E-state index contributed by atoms with van der Waals surface area (Å²) in [7, 11) is 0. The fourth-order valence-corrected chi connectivity index (χ4v) is 2.30. The summed E-state index contributed by atoms with van der Waals surface area (Å²) in [5.74, 6) is -0.486. The Kier molecular flexibility index (Phi) is 6.23. The average Bonchev–Trinajstić information content (AvgIpc) is 2.60. The third-order valence-corrected chi connectivity index (χ3v) is 3.49. The van der Waals surface area contributed by atoms with Crippen LogP contribution in [0, 0.1) is 0 Å². The van der Waals surface area contributed by atoms with E-state index in [0.717, 1.165) is 0 Å². The standard InChI is InChI=1S/C16H19N3O6/c1-9(21)17-13-12(7-10(8-20)14(22)15(13)23)18-16(24)25-19-11-5-3-2-4-6-11/h2-7,13-15,19-20,22-23H,8H2,1H3,(H,17,21)/b18-12-/t13-,14+,15+/m0/s1. The van der Waals surface area contributed by atoms with Gasteiger partial charge < -0.3 is 25.5 Å². The highest BCUT2D eigenvalue weighted by Crippen LogP contribution is 2.19. The maximum atomic E-state index is 11.9.